The van der Waals surface area contributed by atoms with Gasteiger partial charge in [-0.05, 0) is 0 Å². The Bertz CT molecular complexity index is 151. The molecular weight excluding hydrogens is 132 g/mol. The van der Waals surface area contributed by atoms with E-state index in [1.165, 1.54) is 12.3 Å². The predicted octanol–water partition coefficient (Wildman–Crippen LogP) is 0.769. The van der Waals surface area contributed by atoms with Crippen LogP contribution in [0.15, 0.2) is 24.7 Å². The van der Waals surface area contributed by atoms with Crippen LogP contribution in [-0.2, 0) is 9.47 Å². The minimum Gasteiger partial charge on any atom is -0.462 e. The normalized spacial score (nSPS) is 18.7. The van der Waals surface area contributed by atoms with Crippen LogP contribution in [0.5, 0.6) is 0 Å². The zero-order valence-corrected chi connectivity index (χ0v) is 5.62. The molecule has 3 nitrogen and oxygen atoms in total. The van der Waals surface area contributed by atoms with Crippen molar-refractivity contribution in [2.45, 2.75) is 12.5 Å². The van der Waals surface area contributed by atoms with Gasteiger partial charge >= 0.3 is 0 Å². The minimum absolute atomic E-state index is 0.263. The van der Waals surface area contributed by atoms with Crippen LogP contribution >= 0.6 is 0 Å². The second kappa shape index (κ2) is 3.27. The molecule has 0 bridgehead atoms. The Labute approximate surface area is 59.6 Å². The third-order valence-electron chi connectivity index (χ3n) is 1.21. The molecule has 1 N–H and O–H groups in total. The van der Waals surface area contributed by atoms with Gasteiger partial charge in [-0.25, -0.2) is 0 Å². The highest BCUT2D eigenvalue weighted by atomic mass is 16.7. The molecule has 3 heteroatoms. The summed E-state index contributed by atoms with van der Waals surface area (Å²) in [7, 11) is 0. The van der Waals surface area contributed by atoms with Crippen LogP contribution in [0, 0.1) is 0 Å². The summed E-state index contributed by atoms with van der Waals surface area (Å²) in [5.74, 6) is 0.674. The zero-order chi connectivity index (χ0) is 7.40. The summed E-state index contributed by atoms with van der Waals surface area (Å²) < 4.78 is 9.73. The summed E-state index contributed by atoms with van der Waals surface area (Å²) in [6, 6.07) is 0. The van der Waals surface area contributed by atoms with Crippen LogP contribution in [0.3, 0.4) is 0 Å². The average molecular weight is 142 g/mol. The van der Waals surface area contributed by atoms with E-state index in [-0.39, 0.29) is 6.79 Å². The molecule has 0 fully saturated rings. The molecule has 0 spiro atoms. The Morgan fingerprint density at radius 3 is 3.20 bits per heavy atom. The average Bonchev–Trinajstić information content (AvgIpc) is 2.40. The van der Waals surface area contributed by atoms with Crippen molar-refractivity contribution in [3.05, 3.63) is 24.7 Å². The summed E-state index contributed by atoms with van der Waals surface area (Å²) in [6.45, 7) is 3.69. The lowest BCUT2D eigenvalue weighted by Crippen LogP contribution is -2.03. The van der Waals surface area contributed by atoms with Gasteiger partial charge in [0.1, 0.15) is 12.0 Å². The van der Waals surface area contributed by atoms with E-state index in [0.29, 0.717) is 12.2 Å². The van der Waals surface area contributed by atoms with Crippen LogP contribution in [0.2, 0.25) is 0 Å². The smallest absolute Gasteiger partial charge is 0.229 e. The van der Waals surface area contributed by atoms with Gasteiger partial charge in [0.25, 0.3) is 0 Å². The summed E-state index contributed by atoms with van der Waals surface area (Å²) in [4.78, 5) is 0. The maximum atomic E-state index is 9.02. The van der Waals surface area contributed by atoms with Crippen molar-refractivity contribution in [2.24, 2.45) is 0 Å². The third kappa shape index (κ3) is 1.77. The first-order valence-electron chi connectivity index (χ1n) is 3.07. The molecule has 0 saturated heterocycles. The molecule has 1 aliphatic heterocycles. The first-order valence-corrected chi connectivity index (χ1v) is 3.07. The Morgan fingerprint density at radius 1 is 1.90 bits per heavy atom. The standard InChI is InChI=1S/C7H10O3/c1-2-6(8)3-7-4-9-5-10-7/h2,4,6,8H,1,3,5H2. The number of hydrogen-bond acceptors (Lipinski definition) is 3. The molecule has 1 unspecified atom stereocenters. The molecule has 0 saturated carbocycles. The number of hydrogen-bond donors (Lipinski definition) is 1. The Balaban J connectivity index is 2.30. The minimum atomic E-state index is -0.534. The monoisotopic (exact) mass is 142 g/mol. The highest BCUT2D eigenvalue weighted by Gasteiger charge is 2.09. The first kappa shape index (κ1) is 7.15. The van der Waals surface area contributed by atoms with Gasteiger partial charge in [0, 0.05) is 6.42 Å². The SMILES string of the molecule is C=CC(O)CC1=COCO1. The largest absolute Gasteiger partial charge is 0.462 e. The third-order valence-corrected chi connectivity index (χ3v) is 1.21. The maximum absolute atomic E-state index is 9.02. The molecule has 1 heterocycles. The molecule has 0 radical (unpaired) electrons. The molecule has 0 amide bonds. The van der Waals surface area contributed by atoms with E-state index in [1.807, 2.05) is 0 Å². The maximum Gasteiger partial charge on any atom is 0.229 e. The van der Waals surface area contributed by atoms with E-state index in [1.54, 1.807) is 0 Å². The molecule has 10 heavy (non-hydrogen) atoms. The van der Waals surface area contributed by atoms with Crippen LogP contribution in [0.1, 0.15) is 6.42 Å². The number of rotatable bonds is 3. The van der Waals surface area contributed by atoms with Crippen molar-refractivity contribution in [3.63, 3.8) is 0 Å². The summed E-state index contributed by atoms with van der Waals surface area (Å²) in [6.07, 6.45) is 2.88. The second-order valence-electron chi connectivity index (χ2n) is 2.02. The van der Waals surface area contributed by atoms with Crippen molar-refractivity contribution in [1.29, 1.82) is 0 Å². The quantitative estimate of drug-likeness (QED) is 0.591. The van der Waals surface area contributed by atoms with Gasteiger partial charge in [0.2, 0.25) is 6.79 Å². The Morgan fingerprint density at radius 2 is 2.70 bits per heavy atom. The number of aliphatic hydroxyl groups excluding tert-OH is 1. The van der Waals surface area contributed by atoms with Crippen molar-refractivity contribution in [2.75, 3.05) is 6.79 Å². The van der Waals surface area contributed by atoms with Crippen LogP contribution < -0.4 is 0 Å². The fourth-order valence-corrected chi connectivity index (χ4v) is 0.667. The van der Waals surface area contributed by atoms with E-state index in [4.69, 9.17) is 14.6 Å². The molecule has 1 aliphatic rings. The van der Waals surface area contributed by atoms with Gasteiger partial charge in [-0.3, -0.25) is 0 Å². The topological polar surface area (TPSA) is 38.7 Å². The van der Waals surface area contributed by atoms with Gasteiger partial charge in [0.05, 0.1) is 6.10 Å². The van der Waals surface area contributed by atoms with Crippen molar-refractivity contribution >= 4 is 0 Å². The number of ether oxygens (including phenoxy) is 2. The lowest BCUT2D eigenvalue weighted by molar-refractivity contribution is 0.0717. The summed E-state index contributed by atoms with van der Waals surface area (Å²) in [5, 5.41) is 9.02. The van der Waals surface area contributed by atoms with Gasteiger partial charge in [0.15, 0.2) is 0 Å². The summed E-state index contributed by atoms with van der Waals surface area (Å²) in [5.41, 5.74) is 0. The van der Waals surface area contributed by atoms with Gasteiger partial charge in [-0.1, -0.05) is 6.08 Å². The summed E-state index contributed by atoms with van der Waals surface area (Å²) >= 11 is 0. The van der Waals surface area contributed by atoms with E-state index in [2.05, 4.69) is 6.58 Å². The lowest BCUT2D eigenvalue weighted by atomic mass is 10.2. The van der Waals surface area contributed by atoms with Gasteiger partial charge in [-0.2, -0.15) is 0 Å². The fourth-order valence-electron chi connectivity index (χ4n) is 0.667. The molecule has 0 aliphatic carbocycles. The predicted molar refractivity (Wildman–Crippen MR) is 35.9 cm³/mol. The zero-order valence-electron chi connectivity index (χ0n) is 5.62. The van der Waals surface area contributed by atoms with E-state index in [9.17, 15) is 0 Å². The first-order chi connectivity index (χ1) is 4.83. The fraction of sp³-hybridized carbons (Fsp3) is 0.429. The van der Waals surface area contributed by atoms with Crippen molar-refractivity contribution in [3.8, 4) is 0 Å². The molecule has 0 aromatic rings. The van der Waals surface area contributed by atoms with Gasteiger partial charge < -0.3 is 14.6 Å². The molecule has 0 aromatic heterocycles. The van der Waals surface area contributed by atoms with E-state index < -0.39 is 6.10 Å². The van der Waals surface area contributed by atoms with Crippen LogP contribution in [-0.4, -0.2) is 18.0 Å². The second-order valence-corrected chi connectivity index (χ2v) is 2.02. The van der Waals surface area contributed by atoms with E-state index >= 15 is 0 Å². The molecule has 1 atom stereocenters. The highest BCUT2D eigenvalue weighted by Crippen LogP contribution is 2.12. The molecule has 1 rings (SSSR count). The van der Waals surface area contributed by atoms with Crippen molar-refractivity contribution < 1.29 is 14.6 Å². The van der Waals surface area contributed by atoms with Crippen LogP contribution in [0.4, 0.5) is 0 Å². The van der Waals surface area contributed by atoms with Crippen LogP contribution in [0.25, 0.3) is 0 Å². The van der Waals surface area contributed by atoms with Gasteiger partial charge in [-0.15, -0.1) is 6.58 Å². The Hall–Kier alpha value is -0.960. The molecular formula is C7H10O3. The Kier molecular flexibility index (Phi) is 2.34. The highest BCUT2D eigenvalue weighted by molar-refractivity contribution is 4.96. The lowest BCUT2D eigenvalue weighted by Gasteiger charge is -2.03. The van der Waals surface area contributed by atoms with E-state index in [0.717, 1.165) is 0 Å². The molecule has 56 valence electrons. The van der Waals surface area contributed by atoms with Crippen molar-refractivity contribution in [1.82, 2.24) is 0 Å². The number of aliphatic hydroxyl groups is 1. The molecule has 0 aromatic carbocycles.